The fraction of sp³-hybridized carbons (Fsp3) is 0.700. The van der Waals surface area contributed by atoms with E-state index in [9.17, 15) is 54.5 Å². The number of phosphoric ester groups is 1. The molecular weight excluding hydrogens is 581 g/mol. The van der Waals surface area contributed by atoms with E-state index in [4.69, 9.17) is 30.0 Å². The van der Waals surface area contributed by atoms with Crippen molar-refractivity contribution in [3.63, 3.8) is 0 Å². The summed E-state index contributed by atoms with van der Waals surface area (Å²) < 4.78 is 34.0. The number of aliphatic carboxylic acids is 1. The Balaban J connectivity index is 1.79. The normalized spacial score (nSPS) is 34.9. The number of carbonyl (C=O) groups excluding carboxylic acids is 1. The number of carboxylic acid groups (broad SMARTS) is 1. The number of anilines is 1. The molecule has 20 nitrogen and oxygen atoms in total. The van der Waals surface area contributed by atoms with Crippen LogP contribution >= 0.6 is 7.82 Å². The van der Waals surface area contributed by atoms with Crippen molar-refractivity contribution in [2.75, 3.05) is 18.9 Å². The van der Waals surface area contributed by atoms with E-state index in [-0.39, 0.29) is 5.82 Å². The fourth-order valence-corrected chi connectivity index (χ4v) is 5.34. The van der Waals surface area contributed by atoms with Gasteiger partial charge in [0.2, 0.25) is 5.91 Å². The zero-order valence-corrected chi connectivity index (χ0v) is 22.3. The lowest BCUT2D eigenvalue weighted by atomic mass is 9.87. The first-order valence-corrected chi connectivity index (χ1v) is 13.5. The Kier molecular flexibility index (Phi) is 10.2. The minimum atomic E-state index is -5.46. The molecule has 2 saturated heterocycles. The van der Waals surface area contributed by atoms with Crippen LogP contribution in [-0.2, 0) is 32.7 Å². The standard InChI is InChI=1S/C20H32N5O15P/c1-7(27)23-12-8(21)4-20(18(32)33,39-16(12)13(29)9(28)5-26)40-41(35,36)37-6-10-14(30)15(31)17(38-10)25-3-2-11(22)24-19(25)34/h2-3,8-10,12-17,26,28-31H,4-6,21H2,1H3,(H,23,27)(H,32,33)(H,35,36)(H2,22,24,34)/t8?,9-,10?,12?,13-,14?,15?,16?,17?,20?/m1/s1. The summed E-state index contributed by atoms with van der Waals surface area (Å²) >= 11 is 0. The summed E-state index contributed by atoms with van der Waals surface area (Å²) in [5.74, 6) is -5.90. The molecule has 232 valence electrons. The van der Waals surface area contributed by atoms with Crippen LogP contribution in [0.2, 0.25) is 0 Å². The molecule has 1 aromatic rings. The summed E-state index contributed by atoms with van der Waals surface area (Å²) in [7, 11) is -5.46. The summed E-state index contributed by atoms with van der Waals surface area (Å²) in [5, 5.41) is 62.4. The van der Waals surface area contributed by atoms with Crippen molar-refractivity contribution in [3.05, 3.63) is 22.7 Å². The van der Waals surface area contributed by atoms with Crippen molar-refractivity contribution in [1.82, 2.24) is 14.9 Å². The molecule has 0 spiro atoms. The summed E-state index contributed by atoms with van der Waals surface area (Å²) in [6, 6.07) is -1.54. The Morgan fingerprint density at radius 1 is 1.34 bits per heavy atom. The van der Waals surface area contributed by atoms with E-state index in [2.05, 4.69) is 10.3 Å². The van der Waals surface area contributed by atoms with Crippen LogP contribution < -0.4 is 22.5 Å². The SMILES string of the molecule is CC(=O)NC1C(N)CC(OP(=O)(O)OCC2OC(n3ccc(N)nc3=O)C(O)C2O)(C(=O)O)OC1[C@H](O)[C@H](O)CO. The summed E-state index contributed by atoms with van der Waals surface area (Å²) in [6.07, 6.45) is -12.1. The summed E-state index contributed by atoms with van der Waals surface area (Å²) in [5.41, 5.74) is 10.5. The Morgan fingerprint density at radius 3 is 2.56 bits per heavy atom. The van der Waals surface area contributed by atoms with Crippen molar-refractivity contribution < 1.29 is 68.2 Å². The highest BCUT2D eigenvalue weighted by molar-refractivity contribution is 7.47. The van der Waals surface area contributed by atoms with Crippen LogP contribution in [0.4, 0.5) is 5.82 Å². The lowest BCUT2D eigenvalue weighted by Crippen LogP contribution is -2.69. The van der Waals surface area contributed by atoms with Gasteiger partial charge in [-0.15, -0.1) is 0 Å². The van der Waals surface area contributed by atoms with Gasteiger partial charge in [0, 0.05) is 25.6 Å². The number of phosphoric acid groups is 1. The monoisotopic (exact) mass is 613 g/mol. The van der Waals surface area contributed by atoms with Crippen molar-refractivity contribution in [2.45, 2.75) is 74.1 Å². The number of aliphatic hydroxyl groups is 5. The molecule has 2 aliphatic rings. The van der Waals surface area contributed by atoms with Crippen molar-refractivity contribution >= 4 is 25.5 Å². The fourth-order valence-electron chi connectivity index (χ4n) is 4.39. The number of rotatable bonds is 11. The van der Waals surface area contributed by atoms with Gasteiger partial charge in [0.15, 0.2) is 6.23 Å². The number of hydrogen-bond donors (Lipinski definition) is 10. The number of aromatic nitrogens is 2. The Bertz CT molecular complexity index is 1220. The molecule has 11 atom stereocenters. The Morgan fingerprint density at radius 2 is 2.00 bits per heavy atom. The molecule has 0 bridgehead atoms. The summed E-state index contributed by atoms with van der Waals surface area (Å²) in [4.78, 5) is 49.8. The molecule has 2 aliphatic heterocycles. The van der Waals surface area contributed by atoms with Gasteiger partial charge in [-0.05, 0) is 6.07 Å². The summed E-state index contributed by atoms with van der Waals surface area (Å²) in [6.45, 7) is -0.920. The van der Waals surface area contributed by atoms with E-state index in [1.807, 2.05) is 0 Å². The third kappa shape index (κ3) is 7.25. The number of amides is 1. The van der Waals surface area contributed by atoms with Gasteiger partial charge in [-0.2, -0.15) is 4.98 Å². The minimum absolute atomic E-state index is 0.126. The van der Waals surface area contributed by atoms with Crippen molar-refractivity contribution in [3.8, 4) is 0 Å². The maximum Gasteiger partial charge on any atom is 0.475 e. The number of carbonyl (C=O) groups is 2. The predicted octanol–water partition coefficient (Wildman–Crippen LogP) is -5.31. The van der Waals surface area contributed by atoms with Gasteiger partial charge < -0.3 is 61.8 Å². The Labute approximate surface area is 230 Å². The first-order valence-electron chi connectivity index (χ1n) is 12.0. The van der Waals surface area contributed by atoms with Crippen LogP contribution in [0.1, 0.15) is 19.6 Å². The molecule has 9 unspecified atom stereocenters. The number of hydrogen-bond acceptors (Lipinski definition) is 16. The second kappa shape index (κ2) is 12.7. The molecule has 0 aliphatic carbocycles. The van der Waals surface area contributed by atoms with Gasteiger partial charge in [0.1, 0.15) is 42.4 Å². The van der Waals surface area contributed by atoms with Crippen LogP contribution in [0.15, 0.2) is 17.1 Å². The third-order valence-corrected chi connectivity index (χ3v) is 7.39. The maximum atomic E-state index is 12.8. The van der Waals surface area contributed by atoms with Gasteiger partial charge in [0.25, 0.3) is 5.79 Å². The molecule has 0 radical (unpaired) electrons. The third-order valence-electron chi connectivity index (χ3n) is 6.39. The van der Waals surface area contributed by atoms with E-state index >= 15 is 0 Å². The number of carboxylic acids is 1. The minimum Gasteiger partial charge on any atom is -0.477 e. The zero-order valence-electron chi connectivity index (χ0n) is 21.4. The van der Waals surface area contributed by atoms with Crippen LogP contribution in [-0.4, -0.2) is 125 Å². The van der Waals surface area contributed by atoms with Gasteiger partial charge in [-0.1, -0.05) is 0 Å². The highest BCUT2D eigenvalue weighted by atomic mass is 31.2. The van der Waals surface area contributed by atoms with Crippen molar-refractivity contribution in [1.29, 1.82) is 0 Å². The molecule has 1 amide bonds. The lowest BCUT2D eigenvalue weighted by Gasteiger charge is -2.47. The zero-order chi connectivity index (χ0) is 30.9. The van der Waals surface area contributed by atoms with Gasteiger partial charge in [-0.3, -0.25) is 13.9 Å². The largest absolute Gasteiger partial charge is 0.477 e. The highest BCUT2D eigenvalue weighted by Gasteiger charge is 2.58. The van der Waals surface area contributed by atoms with E-state index in [0.717, 1.165) is 17.7 Å². The second-order valence-electron chi connectivity index (χ2n) is 9.42. The van der Waals surface area contributed by atoms with E-state index in [1.54, 1.807) is 0 Å². The number of aliphatic hydroxyl groups excluding tert-OH is 5. The molecular formula is C20H32N5O15P. The number of ether oxygens (including phenoxy) is 2. The molecule has 21 heteroatoms. The Hall–Kier alpha value is -2.59. The molecule has 41 heavy (non-hydrogen) atoms. The first kappa shape index (κ1) is 32.9. The quantitative estimate of drug-likeness (QED) is 0.104. The van der Waals surface area contributed by atoms with Crippen LogP contribution in [0, 0.1) is 0 Å². The van der Waals surface area contributed by atoms with Crippen molar-refractivity contribution in [2.24, 2.45) is 5.73 Å². The molecule has 0 aromatic carbocycles. The second-order valence-corrected chi connectivity index (χ2v) is 10.8. The molecule has 3 heterocycles. The van der Waals surface area contributed by atoms with E-state index < -0.39 is 106 Å². The van der Waals surface area contributed by atoms with Gasteiger partial charge in [-0.25, -0.2) is 18.7 Å². The predicted molar refractivity (Wildman–Crippen MR) is 130 cm³/mol. The molecule has 12 N–H and O–H groups in total. The topological polar surface area (TPSA) is 329 Å². The van der Waals surface area contributed by atoms with Crippen LogP contribution in [0.25, 0.3) is 0 Å². The molecule has 1 aromatic heterocycles. The average Bonchev–Trinajstić information content (AvgIpc) is 3.16. The number of nitrogens with one attached hydrogen (secondary N) is 1. The molecule has 0 saturated carbocycles. The van der Waals surface area contributed by atoms with E-state index in [1.165, 1.54) is 6.07 Å². The van der Waals surface area contributed by atoms with E-state index in [0.29, 0.717) is 0 Å². The maximum absolute atomic E-state index is 12.8. The number of nitrogens with zero attached hydrogens (tertiary/aromatic N) is 2. The van der Waals surface area contributed by atoms with Gasteiger partial charge in [0.05, 0.1) is 19.3 Å². The number of nitrogen functional groups attached to an aromatic ring is 1. The molecule has 2 fully saturated rings. The first-order chi connectivity index (χ1) is 19.0. The molecule has 3 rings (SSSR count). The van der Waals surface area contributed by atoms with Gasteiger partial charge >= 0.3 is 19.5 Å². The lowest BCUT2D eigenvalue weighted by molar-refractivity contribution is -0.276. The number of nitrogens with two attached hydrogens (primary N) is 2. The van der Waals surface area contributed by atoms with Crippen LogP contribution in [0.3, 0.4) is 0 Å². The average molecular weight is 613 g/mol. The highest BCUT2D eigenvalue weighted by Crippen LogP contribution is 2.51. The smallest absolute Gasteiger partial charge is 0.475 e. The van der Waals surface area contributed by atoms with Crippen LogP contribution in [0.5, 0.6) is 0 Å².